The molecule has 0 amide bonds. The van der Waals surface area contributed by atoms with Gasteiger partial charge in [-0.1, -0.05) is 0 Å². The lowest BCUT2D eigenvalue weighted by molar-refractivity contribution is -0.284. The summed E-state index contributed by atoms with van der Waals surface area (Å²) in [7, 11) is 0. The first-order valence-corrected chi connectivity index (χ1v) is 4.58. The summed E-state index contributed by atoms with van der Waals surface area (Å²) in [4.78, 5) is 0. The third-order valence-corrected chi connectivity index (χ3v) is 2.03. The molecule has 0 saturated heterocycles. The number of alkyl halides is 10. The fourth-order valence-electron chi connectivity index (χ4n) is 1.05. The minimum Gasteiger partial charge on any atom is -0.416 e. The van der Waals surface area contributed by atoms with Crippen LogP contribution in [0.15, 0.2) is 23.5 Å². The highest BCUT2D eigenvalue weighted by atomic mass is 19.4. The number of rotatable bonds is 2. The van der Waals surface area contributed by atoms with Gasteiger partial charge in [-0.15, -0.1) is 0 Å². The van der Waals surface area contributed by atoms with Gasteiger partial charge in [0, 0.05) is 0 Å². The summed E-state index contributed by atoms with van der Waals surface area (Å²) in [5.74, 6) is -22.4. The smallest absolute Gasteiger partial charge is 0.416 e. The van der Waals surface area contributed by atoms with Crippen LogP contribution < -0.4 is 0 Å². The van der Waals surface area contributed by atoms with Crippen molar-refractivity contribution in [1.82, 2.24) is 0 Å². The highest BCUT2D eigenvalue weighted by Gasteiger charge is 2.71. The van der Waals surface area contributed by atoms with E-state index in [9.17, 15) is 52.7 Å². The maximum Gasteiger partial charge on any atom is 0.461 e. The Kier molecular flexibility index (Phi) is 4.05. The number of hydrogen-bond acceptors (Lipinski definition) is 2. The van der Waals surface area contributed by atoms with Crippen molar-refractivity contribution in [2.24, 2.45) is 0 Å². The zero-order valence-corrected chi connectivity index (χ0v) is 9.35. The number of ether oxygens (including phenoxy) is 2. The second-order valence-corrected chi connectivity index (χ2v) is 3.55. The molecule has 14 heteroatoms. The summed E-state index contributed by atoms with van der Waals surface area (Å²) in [5, 5.41) is 0. The van der Waals surface area contributed by atoms with Crippen LogP contribution in [0.25, 0.3) is 0 Å². The highest BCUT2D eigenvalue weighted by molar-refractivity contribution is 5.27. The summed E-state index contributed by atoms with van der Waals surface area (Å²) in [5.41, 5.74) is 0. The van der Waals surface area contributed by atoms with Crippen molar-refractivity contribution in [3.8, 4) is 0 Å². The first-order valence-electron chi connectivity index (χ1n) is 4.58. The largest absolute Gasteiger partial charge is 0.461 e. The molecule has 1 heterocycles. The number of hydrogen-bond donors (Lipinski definition) is 0. The Morgan fingerprint density at radius 2 is 0.864 bits per heavy atom. The van der Waals surface area contributed by atoms with E-state index in [0.29, 0.717) is 0 Å². The van der Waals surface area contributed by atoms with Crippen molar-refractivity contribution in [1.29, 1.82) is 0 Å². The van der Waals surface area contributed by atoms with E-state index < -0.39 is 47.7 Å². The van der Waals surface area contributed by atoms with Gasteiger partial charge < -0.3 is 9.47 Å². The lowest BCUT2D eigenvalue weighted by Gasteiger charge is -2.22. The molecular formula is C8F12O2. The predicted octanol–water partition coefficient (Wildman–Crippen LogP) is 4.71. The third-order valence-electron chi connectivity index (χ3n) is 2.03. The van der Waals surface area contributed by atoms with E-state index in [1.54, 1.807) is 0 Å². The maximum atomic E-state index is 12.9. The molecule has 128 valence electrons. The third kappa shape index (κ3) is 2.77. The van der Waals surface area contributed by atoms with Crippen LogP contribution in [0.1, 0.15) is 0 Å². The van der Waals surface area contributed by atoms with E-state index in [4.69, 9.17) is 0 Å². The average Bonchev–Trinajstić information content (AvgIpc) is 2.71. The summed E-state index contributed by atoms with van der Waals surface area (Å²) < 4.78 is 154. The zero-order valence-electron chi connectivity index (χ0n) is 9.35. The first kappa shape index (κ1) is 18.3. The van der Waals surface area contributed by atoms with Gasteiger partial charge in [0.05, 0.1) is 0 Å². The van der Waals surface area contributed by atoms with E-state index >= 15 is 0 Å². The Labute approximate surface area is 111 Å². The summed E-state index contributed by atoms with van der Waals surface area (Å²) in [6.45, 7) is 0. The van der Waals surface area contributed by atoms with Crippen LogP contribution in [-0.2, 0) is 9.47 Å². The molecule has 2 nitrogen and oxygen atoms in total. The summed E-state index contributed by atoms with van der Waals surface area (Å²) >= 11 is 0. The van der Waals surface area contributed by atoms with Crippen molar-refractivity contribution in [2.75, 3.05) is 0 Å². The SMILES string of the molecule is FC(F)=C1OC(C(F)(F)C(F)(F)F)=C(C(F)(F)C(F)(F)F)O1. The molecule has 0 aromatic rings. The van der Waals surface area contributed by atoms with Gasteiger partial charge in [0.15, 0.2) is 0 Å². The van der Waals surface area contributed by atoms with Gasteiger partial charge in [-0.25, -0.2) is 0 Å². The fraction of sp³-hybridized carbons (Fsp3) is 0.500. The molecule has 1 aliphatic heterocycles. The Balaban J connectivity index is 3.57. The predicted molar refractivity (Wildman–Crippen MR) is 40.4 cm³/mol. The molecule has 0 bridgehead atoms. The second kappa shape index (κ2) is 4.87. The van der Waals surface area contributed by atoms with Crippen LogP contribution in [0.2, 0.25) is 0 Å². The van der Waals surface area contributed by atoms with Gasteiger partial charge in [0.25, 0.3) is 0 Å². The molecule has 0 N–H and O–H groups in total. The topological polar surface area (TPSA) is 18.5 Å². The molecule has 0 saturated carbocycles. The van der Waals surface area contributed by atoms with Crippen molar-refractivity contribution in [3.63, 3.8) is 0 Å². The van der Waals surface area contributed by atoms with Crippen molar-refractivity contribution in [3.05, 3.63) is 23.5 Å². The summed E-state index contributed by atoms with van der Waals surface area (Å²) in [6, 6.07) is 0. The second-order valence-electron chi connectivity index (χ2n) is 3.55. The molecule has 0 fully saturated rings. The molecule has 0 radical (unpaired) electrons. The normalized spacial score (nSPS) is 17.5. The number of halogens is 12. The summed E-state index contributed by atoms with van der Waals surface area (Å²) in [6.07, 6.45) is -16.7. The number of allylic oxidation sites excluding steroid dienone is 2. The van der Waals surface area contributed by atoms with Crippen LogP contribution in [0, 0.1) is 0 Å². The standard InChI is InChI=1S/C8F12O2/c9-3(10)4-21-1(5(11,12)7(15,16)17)2(22-4)6(13,14)8(18,19)20. The van der Waals surface area contributed by atoms with Gasteiger partial charge >= 0.3 is 36.2 Å². The van der Waals surface area contributed by atoms with E-state index in [2.05, 4.69) is 9.47 Å². The molecule has 1 aliphatic rings. The molecule has 0 atom stereocenters. The minimum absolute atomic E-state index is 2.64. The van der Waals surface area contributed by atoms with Crippen LogP contribution >= 0.6 is 0 Å². The van der Waals surface area contributed by atoms with Gasteiger partial charge in [0.2, 0.25) is 11.5 Å². The lowest BCUT2D eigenvalue weighted by atomic mass is 10.1. The molecule has 0 unspecified atom stereocenters. The first-order chi connectivity index (χ1) is 9.53. The van der Waals surface area contributed by atoms with E-state index in [0.717, 1.165) is 0 Å². The van der Waals surface area contributed by atoms with Crippen LogP contribution in [-0.4, -0.2) is 24.2 Å². The van der Waals surface area contributed by atoms with Crippen molar-refractivity contribution < 1.29 is 62.2 Å². The van der Waals surface area contributed by atoms with E-state index in [1.807, 2.05) is 0 Å². The average molecular weight is 356 g/mol. The van der Waals surface area contributed by atoms with Crippen LogP contribution in [0.4, 0.5) is 52.7 Å². The molecule has 0 spiro atoms. The van der Waals surface area contributed by atoms with Gasteiger partial charge in [-0.3, -0.25) is 0 Å². The lowest BCUT2D eigenvalue weighted by Crippen LogP contribution is -2.43. The Hall–Kier alpha value is -1.76. The Morgan fingerprint density at radius 3 is 1.05 bits per heavy atom. The quantitative estimate of drug-likeness (QED) is 0.668. The van der Waals surface area contributed by atoms with Crippen LogP contribution in [0.5, 0.6) is 0 Å². The Morgan fingerprint density at radius 1 is 0.591 bits per heavy atom. The molecule has 0 aromatic carbocycles. The minimum atomic E-state index is -6.71. The Bertz CT molecular complexity index is 478. The molecular weight excluding hydrogens is 356 g/mol. The van der Waals surface area contributed by atoms with Crippen LogP contribution in [0.3, 0.4) is 0 Å². The van der Waals surface area contributed by atoms with Gasteiger partial charge in [-0.2, -0.15) is 52.7 Å². The van der Waals surface area contributed by atoms with Crippen molar-refractivity contribution in [2.45, 2.75) is 24.2 Å². The molecule has 0 aliphatic carbocycles. The fourth-order valence-corrected chi connectivity index (χ4v) is 1.05. The zero-order chi connectivity index (χ0) is 17.7. The molecule has 0 aromatic heterocycles. The van der Waals surface area contributed by atoms with Gasteiger partial charge in [0.1, 0.15) is 0 Å². The van der Waals surface area contributed by atoms with Crippen molar-refractivity contribution >= 4 is 0 Å². The molecule has 22 heavy (non-hydrogen) atoms. The van der Waals surface area contributed by atoms with E-state index in [-0.39, 0.29) is 0 Å². The van der Waals surface area contributed by atoms with Gasteiger partial charge in [-0.05, 0) is 0 Å². The highest BCUT2D eigenvalue weighted by Crippen LogP contribution is 2.53. The monoisotopic (exact) mass is 356 g/mol. The maximum absolute atomic E-state index is 12.9. The molecule has 1 rings (SSSR count). The van der Waals surface area contributed by atoms with E-state index in [1.165, 1.54) is 0 Å².